The van der Waals surface area contributed by atoms with Crippen LogP contribution in [0.4, 0.5) is 0 Å². The average molecular weight is 534 g/mol. The molecule has 1 spiro atoms. The summed E-state index contributed by atoms with van der Waals surface area (Å²) in [6, 6.07) is -1.63. The zero-order valence-corrected chi connectivity index (χ0v) is 23.3. The Kier molecular flexibility index (Phi) is 9.08. The molecule has 3 saturated heterocycles. The molecular weight excluding hydrogens is 490 g/mol. The Balaban J connectivity index is 1.87. The molecule has 3 aliphatic heterocycles. The van der Waals surface area contributed by atoms with Crippen molar-refractivity contribution in [1.29, 1.82) is 0 Å². The van der Waals surface area contributed by atoms with Gasteiger partial charge in [-0.1, -0.05) is 12.2 Å². The second-order valence-corrected chi connectivity index (χ2v) is 11.6. The molecule has 0 saturated carbocycles. The first-order valence-corrected chi connectivity index (χ1v) is 13.4. The van der Waals surface area contributed by atoms with Crippen LogP contribution in [0, 0.1) is 11.8 Å². The van der Waals surface area contributed by atoms with Gasteiger partial charge in [0.1, 0.15) is 17.7 Å². The van der Waals surface area contributed by atoms with E-state index in [2.05, 4.69) is 18.5 Å². The molecule has 0 aromatic heterocycles. The van der Waals surface area contributed by atoms with E-state index in [0.29, 0.717) is 25.7 Å². The minimum atomic E-state index is -1.18. The SMILES string of the molecule is C=CCCC(=O)NC[C@H](C)OC(=O)[C@@H]1[C@H]2C(=O)N([C@H](C)CO)[C@H](C(=O)N(CC=C)C(C)(C)C)[C@]23CC[C@H]1O3. The number of carbonyl (C=O) groups is 4. The fraction of sp³-hybridized carbons (Fsp3) is 0.714. The van der Waals surface area contributed by atoms with E-state index in [9.17, 15) is 24.3 Å². The summed E-state index contributed by atoms with van der Waals surface area (Å²) in [5, 5.41) is 12.7. The molecule has 3 aliphatic rings. The van der Waals surface area contributed by atoms with Crippen molar-refractivity contribution in [2.75, 3.05) is 19.7 Å². The molecule has 0 aromatic carbocycles. The summed E-state index contributed by atoms with van der Waals surface area (Å²) in [7, 11) is 0. The van der Waals surface area contributed by atoms with Crippen LogP contribution in [0.1, 0.15) is 60.3 Å². The van der Waals surface area contributed by atoms with E-state index in [0.717, 1.165) is 0 Å². The number of aliphatic hydroxyl groups excluding tert-OH is 1. The lowest BCUT2D eigenvalue weighted by atomic mass is 9.70. The second-order valence-electron chi connectivity index (χ2n) is 11.6. The number of ether oxygens (including phenoxy) is 2. The number of fused-ring (bicyclic) bond motifs is 1. The smallest absolute Gasteiger partial charge is 0.312 e. The Hall–Kier alpha value is -2.72. The van der Waals surface area contributed by atoms with Gasteiger partial charge in [0.05, 0.1) is 37.1 Å². The number of hydrogen-bond acceptors (Lipinski definition) is 7. The molecule has 10 nitrogen and oxygen atoms in total. The average Bonchev–Trinajstić information content (AvgIpc) is 3.50. The largest absolute Gasteiger partial charge is 0.460 e. The van der Waals surface area contributed by atoms with Crippen LogP contribution in [0.25, 0.3) is 0 Å². The number of nitrogens with zero attached hydrogens (tertiary/aromatic N) is 2. The topological polar surface area (TPSA) is 125 Å². The molecule has 7 atom stereocenters. The van der Waals surface area contributed by atoms with Crippen molar-refractivity contribution in [3.8, 4) is 0 Å². The summed E-state index contributed by atoms with van der Waals surface area (Å²) in [6.45, 7) is 16.5. The molecule has 0 aliphatic carbocycles. The zero-order chi connectivity index (χ0) is 28.4. The molecule has 2 bridgehead atoms. The predicted molar refractivity (Wildman–Crippen MR) is 141 cm³/mol. The van der Waals surface area contributed by atoms with Crippen LogP contribution in [0.3, 0.4) is 0 Å². The van der Waals surface area contributed by atoms with Gasteiger partial charge in [0.2, 0.25) is 17.7 Å². The number of rotatable bonds is 12. The molecule has 3 amide bonds. The summed E-state index contributed by atoms with van der Waals surface area (Å²) in [5.41, 5.74) is -1.74. The highest BCUT2D eigenvalue weighted by molar-refractivity contribution is 5.98. The van der Waals surface area contributed by atoms with Gasteiger partial charge in [-0.2, -0.15) is 0 Å². The lowest BCUT2D eigenvalue weighted by Gasteiger charge is -2.43. The number of hydrogen-bond donors (Lipinski definition) is 2. The fourth-order valence-corrected chi connectivity index (χ4v) is 6.07. The molecule has 3 fully saturated rings. The van der Waals surface area contributed by atoms with Gasteiger partial charge in [-0.3, -0.25) is 19.2 Å². The standard InChI is InChI=1S/C28H43N3O7/c1-8-10-11-20(33)29-15-18(4)37-26(36)21-19-12-13-28(38-19)22(21)24(34)31(17(3)16-32)23(28)25(35)30(14-9-2)27(5,6)7/h8-9,17-19,21-23,32H,1-2,10-16H2,3-7H3,(H,29,33)/t17-,18+,19-,21+,22+,23-,28+/m1/s1. The summed E-state index contributed by atoms with van der Waals surface area (Å²) in [5.74, 6) is -3.18. The van der Waals surface area contributed by atoms with Gasteiger partial charge in [0.25, 0.3) is 0 Å². The van der Waals surface area contributed by atoms with E-state index in [1.807, 2.05) is 20.8 Å². The fourth-order valence-electron chi connectivity index (χ4n) is 6.07. The van der Waals surface area contributed by atoms with Crippen LogP contribution in [0.2, 0.25) is 0 Å². The van der Waals surface area contributed by atoms with E-state index in [-0.39, 0.29) is 37.4 Å². The maximum absolute atomic E-state index is 14.1. The van der Waals surface area contributed by atoms with Gasteiger partial charge >= 0.3 is 5.97 Å². The Morgan fingerprint density at radius 3 is 2.55 bits per heavy atom. The van der Waals surface area contributed by atoms with Crippen LogP contribution in [0.5, 0.6) is 0 Å². The minimum absolute atomic E-state index is 0.139. The number of nitrogens with one attached hydrogen (secondary N) is 1. The van der Waals surface area contributed by atoms with Crippen LogP contribution >= 0.6 is 0 Å². The maximum Gasteiger partial charge on any atom is 0.312 e. The van der Waals surface area contributed by atoms with Gasteiger partial charge in [-0.15, -0.1) is 13.2 Å². The minimum Gasteiger partial charge on any atom is -0.460 e. The number of allylic oxidation sites excluding steroid dienone is 1. The first-order chi connectivity index (χ1) is 17.8. The van der Waals surface area contributed by atoms with Gasteiger partial charge in [-0.05, 0) is 53.9 Å². The molecule has 38 heavy (non-hydrogen) atoms. The Morgan fingerprint density at radius 2 is 1.97 bits per heavy atom. The third-order valence-electron chi connectivity index (χ3n) is 7.85. The molecule has 3 rings (SSSR count). The van der Waals surface area contributed by atoms with Gasteiger partial charge in [0, 0.05) is 18.5 Å². The lowest BCUT2D eigenvalue weighted by molar-refractivity contribution is -0.160. The van der Waals surface area contributed by atoms with Crippen molar-refractivity contribution in [1.82, 2.24) is 15.1 Å². The normalized spacial score (nSPS) is 29.4. The summed E-state index contributed by atoms with van der Waals surface area (Å²) in [4.78, 5) is 56.4. The van der Waals surface area contributed by atoms with E-state index in [1.165, 1.54) is 4.90 Å². The Bertz CT molecular complexity index is 961. The quantitative estimate of drug-likeness (QED) is 0.288. The van der Waals surface area contributed by atoms with Crippen LogP contribution in [0.15, 0.2) is 25.3 Å². The third-order valence-corrected chi connectivity index (χ3v) is 7.85. The van der Waals surface area contributed by atoms with E-state index < -0.39 is 53.2 Å². The number of carbonyl (C=O) groups excluding carboxylic acids is 4. The summed E-state index contributed by atoms with van der Waals surface area (Å²) < 4.78 is 12.1. The monoisotopic (exact) mass is 533 g/mol. The van der Waals surface area contributed by atoms with Crippen LogP contribution in [-0.2, 0) is 28.7 Å². The van der Waals surface area contributed by atoms with Crippen molar-refractivity contribution in [2.24, 2.45) is 11.8 Å². The van der Waals surface area contributed by atoms with E-state index >= 15 is 0 Å². The van der Waals surface area contributed by atoms with Gasteiger partial charge < -0.3 is 29.7 Å². The molecule has 0 unspecified atom stereocenters. The molecule has 2 N–H and O–H groups in total. The van der Waals surface area contributed by atoms with Crippen molar-refractivity contribution < 1.29 is 33.8 Å². The highest BCUT2D eigenvalue weighted by atomic mass is 16.6. The van der Waals surface area contributed by atoms with Crippen molar-refractivity contribution in [2.45, 2.75) is 95.7 Å². The van der Waals surface area contributed by atoms with E-state index in [4.69, 9.17) is 9.47 Å². The molecule has 0 radical (unpaired) electrons. The molecule has 212 valence electrons. The third kappa shape index (κ3) is 5.38. The lowest BCUT2D eigenvalue weighted by Crippen LogP contribution is -2.61. The number of aliphatic hydroxyl groups is 1. The first kappa shape index (κ1) is 29.8. The Morgan fingerprint density at radius 1 is 1.29 bits per heavy atom. The van der Waals surface area contributed by atoms with Crippen molar-refractivity contribution in [3.05, 3.63) is 25.3 Å². The number of esters is 1. The molecule has 10 heteroatoms. The van der Waals surface area contributed by atoms with Crippen molar-refractivity contribution in [3.63, 3.8) is 0 Å². The second kappa shape index (κ2) is 11.6. The van der Waals surface area contributed by atoms with E-state index in [1.54, 1.807) is 30.9 Å². The highest BCUT2D eigenvalue weighted by Gasteiger charge is 2.75. The van der Waals surface area contributed by atoms with Crippen molar-refractivity contribution >= 4 is 23.7 Å². The van der Waals surface area contributed by atoms with Crippen LogP contribution < -0.4 is 5.32 Å². The molecular formula is C28H43N3O7. The highest BCUT2D eigenvalue weighted by Crippen LogP contribution is 2.59. The number of likely N-dealkylation sites (tertiary alicyclic amines) is 1. The van der Waals surface area contributed by atoms with Gasteiger partial charge in [-0.25, -0.2) is 0 Å². The number of amides is 3. The maximum atomic E-state index is 14.1. The Labute approximate surface area is 225 Å². The zero-order valence-electron chi connectivity index (χ0n) is 23.3. The van der Waals surface area contributed by atoms with Crippen LogP contribution in [-0.4, -0.2) is 93.7 Å². The summed E-state index contributed by atoms with van der Waals surface area (Å²) >= 11 is 0. The first-order valence-electron chi connectivity index (χ1n) is 13.4. The predicted octanol–water partition coefficient (Wildman–Crippen LogP) is 1.57. The van der Waals surface area contributed by atoms with Gasteiger partial charge in [0.15, 0.2) is 0 Å². The molecule has 3 heterocycles. The molecule has 0 aromatic rings. The summed E-state index contributed by atoms with van der Waals surface area (Å²) in [6.07, 6.45) is 3.94.